The highest BCUT2D eigenvalue weighted by Gasteiger charge is 2.32. The fraction of sp³-hybridized carbons (Fsp3) is 0.200. The van der Waals surface area contributed by atoms with Crippen LogP contribution in [0.15, 0.2) is 48.9 Å². The summed E-state index contributed by atoms with van der Waals surface area (Å²) in [6.07, 6.45) is 5.72. The molecule has 1 aliphatic rings. The molecule has 5 rings (SSSR count). The molecule has 4 aromatic heterocycles. The van der Waals surface area contributed by atoms with E-state index in [1.54, 1.807) is 10.7 Å². The lowest BCUT2D eigenvalue weighted by atomic mass is 9.99. The number of aromatic nitrogens is 6. The van der Waals surface area contributed by atoms with E-state index in [0.29, 0.717) is 5.92 Å². The van der Waals surface area contributed by atoms with E-state index < -0.39 is 0 Å². The maximum Gasteiger partial charge on any atom is 0.160 e. The van der Waals surface area contributed by atoms with Gasteiger partial charge in [0.1, 0.15) is 11.6 Å². The lowest BCUT2D eigenvalue weighted by Gasteiger charge is -2.39. The number of hydrogen-bond donors (Lipinski definition) is 0. The number of nitrogens with zero attached hydrogens (tertiary/aromatic N) is 7. The summed E-state index contributed by atoms with van der Waals surface area (Å²) in [7, 11) is 0. The van der Waals surface area contributed by atoms with Gasteiger partial charge < -0.3 is 4.90 Å². The molecule has 1 aliphatic heterocycles. The number of hydrogen-bond acceptors (Lipinski definition) is 5. The average Bonchev–Trinajstić information content (AvgIpc) is 3.12. The van der Waals surface area contributed by atoms with E-state index in [9.17, 15) is 0 Å². The van der Waals surface area contributed by atoms with Crippen LogP contribution in [-0.2, 0) is 0 Å². The standard InChI is InChI=1S/C15H13N7/c1-2-7-21-14(3-1)18-19-15(21)11-9-20(10-11)12-5-8-22-13(17-12)4-6-16-22/h1-8,11H,9-10H2. The summed E-state index contributed by atoms with van der Waals surface area (Å²) < 4.78 is 3.84. The predicted molar refractivity (Wildman–Crippen MR) is 80.9 cm³/mol. The van der Waals surface area contributed by atoms with Gasteiger partial charge in [-0.05, 0) is 18.2 Å². The molecule has 0 unspecified atom stereocenters. The Morgan fingerprint density at radius 2 is 1.91 bits per heavy atom. The zero-order chi connectivity index (χ0) is 14.5. The Morgan fingerprint density at radius 3 is 2.86 bits per heavy atom. The monoisotopic (exact) mass is 291 g/mol. The van der Waals surface area contributed by atoms with Gasteiger partial charge in [-0.15, -0.1) is 10.2 Å². The minimum absolute atomic E-state index is 0.389. The van der Waals surface area contributed by atoms with Crippen molar-refractivity contribution in [1.29, 1.82) is 0 Å². The molecule has 0 aromatic carbocycles. The average molecular weight is 291 g/mol. The summed E-state index contributed by atoms with van der Waals surface area (Å²) in [6, 6.07) is 9.87. The molecule has 0 radical (unpaired) electrons. The first-order valence-corrected chi connectivity index (χ1v) is 7.23. The summed E-state index contributed by atoms with van der Waals surface area (Å²) >= 11 is 0. The quantitative estimate of drug-likeness (QED) is 0.558. The first kappa shape index (κ1) is 11.7. The number of anilines is 1. The van der Waals surface area contributed by atoms with Crippen molar-refractivity contribution >= 4 is 17.1 Å². The molecule has 4 aromatic rings. The van der Waals surface area contributed by atoms with Crippen LogP contribution in [-0.4, -0.2) is 42.3 Å². The predicted octanol–water partition coefficient (Wildman–Crippen LogP) is 1.38. The van der Waals surface area contributed by atoms with Crippen molar-refractivity contribution in [2.24, 2.45) is 0 Å². The van der Waals surface area contributed by atoms with Crippen LogP contribution in [0.5, 0.6) is 0 Å². The van der Waals surface area contributed by atoms with Crippen LogP contribution in [0.1, 0.15) is 11.7 Å². The molecular formula is C15H13N7. The molecule has 108 valence electrons. The second kappa shape index (κ2) is 4.27. The Kier molecular flexibility index (Phi) is 2.26. The first-order chi connectivity index (χ1) is 10.9. The maximum atomic E-state index is 4.62. The van der Waals surface area contributed by atoms with Crippen LogP contribution in [0.2, 0.25) is 0 Å². The summed E-state index contributed by atoms with van der Waals surface area (Å²) in [5.74, 6) is 2.40. The minimum Gasteiger partial charge on any atom is -0.355 e. The molecule has 0 spiro atoms. The molecule has 0 bridgehead atoms. The number of rotatable bonds is 2. The van der Waals surface area contributed by atoms with Gasteiger partial charge in [-0.1, -0.05) is 6.07 Å². The van der Waals surface area contributed by atoms with Crippen LogP contribution in [0.4, 0.5) is 5.82 Å². The fourth-order valence-electron chi connectivity index (χ4n) is 2.95. The van der Waals surface area contributed by atoms with Gasteiger partial charge in [0, 0.05) is 31.5 Å². The molecule has 0 N–H and O–H groups in total. The normalized spacial score (nSPS) is 15.5. The molecule has 7 nitrogen and oxygen atoms in total. The highest BCUT2D eigenvalue weighted by atomic mass is 15.3. The van der Waals surface area contributed by atoms with Crippen LogP contribution >= 0.6 is 0 Å². The van der Waals surface area contributed by atoms with E-state index in [0.717, 1.165) is 36.0 Å². The Labute approximate surface area is 125 Å². The highest BCUT2D eigenvalue weighted by Crippen LogP contribution is 2.29. The zero-order valence-corrected chi connectivity index (χ0v) is 11.7. The number of fused-ring (bicyclic) bond motifs is 2. The zero-order valence-electron chi connectivity index (χ0n) is 11.7. The third-order valence-corrected chi connectivity index (χ3v) is 4.15. The summed E-state index contributed by atoms with van der Waals surface area (Å²) in [5, 5.41) is 12.7. The van der Waals surface area contributed by atoms with Gasteiger partial charge in [0.2, 0.25) is 0 Å². The van der Waals surface area contributed by atoms with Crippen molar-refractivity contribution in [3.63, 3.8) is 0 Å². The van der Waals surface area contributed by atoms with Gasteiger partial charge in [0.05, 0.1) is 12.1 Å². The Morgan fingerprint density at radius 1 is 0.955 bits per heavy atom. The summed E-state index contributed by atoms with van der Waals surface area (Å²) in [4.78, 5) is 6.87. The SMILES string of the molecule is c1ccn2c(C3CN(c4ccn5nccc5n4)C3)nnc2c1. The molecule has 1 saturated heterocycles. The second-order valence-electron chi connectivity index (χ2n) is 5.51. The van der Waals surface area contributed by atoms with E-state index in [4.69, 9.17) is 0 Å². The van der Waals surface area contributed by atoms with Crippen LogP contribution in [0, 0.1) is 0 Å². The van der Waals surface area contributed by atoms with Crippen LogP contribution in [0.3, 0.4) is 0 Å². The van der Waals surface area contributed by atoms with E-state index in [1.807, 2.05) is 42.7 Å². The number of pyridine rings is 1. The Balaban J connectivity index is 1.41. The van der Waals surface area contributed by atoms with Crippen LogP contribution < -0.4 is 4.90 Å². The molecule has 5 heterocycles. The molecule has 7 heteroatoms. The van der Waals surface area contributed by atoms with Crippen LogP contribution in [0.25, 0.3) is 11.3 Å². The fourth-order valence-corrected chi connectivity index (χ4v) is 2.95. The molecule has 0 aliphatic carbocycles. The topological polar surface area (TPSA) is 63.6 Å². The lowest BCUT2D eigenvalue weighted by molar-refractivity contribution is 0.492. The summed E-state index contributed by atoms with van der Waals surface area (Å²) in [5.41, 5.74) is 1.77. The van der Waals surface area contributed by atoms with E-state index in [1.165, 1.54) is 0 Å². The van der Waals surface area contributed by atoms with Crippen molar-refractivity contribution < 1.29 is 0 Å². The Hall–Kier alpha value is -2.96. The van der Waals surface area contributed by atoms with Gasteiger partial charge in [0.15, 0.2) is 11.3 Å². The molecule has 0 atom stereocenters. The largest absolute Gasteiger partial charge is 0.355 e. The van der Waals surface area contributed by atoms with E-state index in [2.05, 4.69) is 29.6 Å². The first-order valence-electron chi connectivity index (χ1n) is 7.23. The van der Waals surface area contributed by atoms with Crippen molar-refractivity contribution in [3.05, 3.63) is 54.7 Å². The smallest absolute Gasteiger partial charge is 0.160 e. The Bertz CT molecular complexity index is 964. The van der Waals surface area contributed by atoms with Gasteiger partial charge in [-0.25, -0.2) is 9.50 Å². The lowest BCUT2D eigenvalue weighted by Crippen LogP contribution is -2.46. The molecule has 0 saturated carbocycles. The van der Waals surface area contributed by atoms with Crippen molar-refractivity contribution in [2.75, 3.05) is 18.0 Å². The third kappa shape index (κ3) is 1.62. The summed E-state index contributed by atoms with van der Waals surface area (Å²) in [6.45, 7) is 1.82. The molecule has 1 fully saturated rings. The molecule has 0 amide bonds. The van der Waals surface area contributed by atoms with Gasteiger partial charge in [-0.2, -0.15) is 5.10 Å². The third-order valence-electron chi connectivity index (χ3n) is 4.15. The van der Waals surface area contributed by atoms with Gasteiger partial charge >= 0.3 is 0 Å². The van der Waals surface area contributed by atoms with Crippen molar-refractivity contribution in [3.8, 4) is 0 Å². The van der Waals surface area contributed by atoms with Crippen molar-refractivity contribution in [2.45, 2.75) is 5.92 Å². The highest BCUT2D eigenvalue weighted by molar-refractivity contribution is 5.50. The van der Waals surface area contributed by atoms with Gasteiger partial charge in [0.25, 0.3) is 0 Å². The maximum absolute atomic E-state index is 4.62. The van der Waals surface area contributed by atoms with Gasteiger partial charge in [-0.3, -0.25) is 4.40 Å². The van der Waals surface area contributed by atoms with E-state index in [-0.39, 0.29) is 0 Å². The molecular weight excluding hydrogens is 278 g/mol. The minimum atomic E-state index is 0.389. The van der Waals surface area contributed by atoms with E-state index >= 15 is 0 Å². The second-order valence-corrected chi connectivity index (χ2v) is 5.51. The van der Waals surface area contributed by atoms with Crippen molar-refractivity contribution in [1.82, 2.24) is 29.2 Å². The molecule has 22 heavy (non-hydrogen) atoms.